The normalized spacial score (nSPS) is 20.5. The number of anilines is 2. The lowest BCUT2D eigenvalue weighted by molar-refractivity contribution is 0.122. The third kappa shape index (κ3) is 2.69. The molecule has 3 rings (SSSR count). The van der Waals surface area contributed by atoms with Crippen LogP contribution in [-0.4, -0.2) is 45.4 Å². The lowest BCUT2D eigenvalue weighted by atomic mass is 10.1. The molecular formula is C15H23N3O. The summed E-state index contributed by atoms with van der Waals surface area (Å²) in [5, 5.41) is 0. The number of nitrogens with two attached hydrogens (primary N) is 1. The third-order valence-corrected chi connectivity index (χ3v) is 3.95. The zero-order valence-electron chi connectivity index (χ0n) is 11.6. The first-order valence-corrected chi connectivity index (χ1v) is 7.20. The van der Waals surface area contributed by atoms with Crippen LogP contribution in [0.25, 0.3) is 0 Å². The Hall–Kier alpha value is -1.26. The number of nitrogens with zero attached hydrogens (tertiary/aromatic N) is 2. The zero-order valence-corrected chi connectivity index (χ0v) is 11.6. The Morgan fingerprint density at radius 3 is 2.79 bits per heavy atom. The van der Waals surface area contributed by atoms with Crippen LogP contribution in [-0.2, 0) is 11.2 Å². The van der Waals surface area contributed by atoms with Crippen molar-refractivity contribution in [3.63, 3.8) is 0 Å². The van der Waals surface area contributed by atoms with Crippen molar-refractivity contribution in [3.8, 4) is 0 Å². The fourth-order valence-electron chi connectivity index (χ4n) is 2.99. The van der Waals surface area contributed by atoms with Crippen LogP contribution in [0.1, 0.15) is 12.5 Å². The zero-order chi connectivity index (χ0) is 13.2. The summed E-state index contributed by atoms with van der Waals surface area (Å²) in [5.41, 5.74) is 10.1. The van der Waals surface area contributed by atoms with Gasteiger partial charge >= 0.3 is 0 Å². The van der Waals surface area contributed by atoms with Gasteiger partial charge in [0.25, 0.3) is 0 Å². The monoisotopic (exact) mass is 261 g/mol. The quantitative estimate of drug-likeness (QED) is 0.888. The van der Waals surface area contributed by atoms with E-state index in [1.165, 1.54) is 16.9 Å². The van der Waals surface area contributed by atoms with E-state index in [-0.39, 0.29) is 6.04 Å². The number of hydrogen-bond acceptors (Lipinski definition) is 4. The third-order valence-electron chi connectivity index (χ3n) is 3.95. The van der Waals surface area contributed by atoms with Gasteiger partial charge in [0.2, 0.25) is 0 Å². The highest BCUT2D eigenvalue weighted by Gasteiger charge is 2.21. The maximum Gasteiger partial charge on any atom is 0.0642 e. The van der Waals surface area contributed by atoms with E-state index in [1.54, 1.807) is 0 Å². The molecular weight excluding hydrogens is 238 g/mol. The first kappa shape index (κ1) is 12.8. The van der Waals surface area contributed by atoms with Crippen molar-refractivity contribution in [1.82, 2.24) is 0 Å². The molecule has 2 heterocycles. The highest BCUT2D eigenvalue weighted by atomic mass is 16.5. The topological polar surface area (TPSA) is 41.7 Å². The van der Waals surface area contributed by atoms with Crippen molar-refractivity contribution < 1.29 is 4.74 Å². The number of ether oxygens (including phenoxy) is 1. The van der Waals surface area contributed by atoms with E-state index >= 15 is 0 Å². The summed E-state index contributed by atoms with van der Waals surface area (Å²) in [4.78, 5) is 4.83. The Balaban J connectivity index is 1.81. The maximum atomic E-state index is 5.94. The highest BCUT2D eigenvalue weighted by molar-refractivity contribution is 5.66. The van der Waals surface area contributed by atoms with Crippen molar-refractivity contribution in [2.75, 3.05) is 49.2 Å². The lowest BCUT2D eigenvalue weighted by Crippen LogP contribution is -2.36. The SMILES string of the molecule is C[C@H](N)CN1CCc2ccc(N3CCOCC3)cc21. The highest BCUT2D eigenvalue weighted by Crippen LogP contribution is 2.32. The van der Waals surface area contributed by atoms with Crippen LogP contribution in [0.4, 0.5) is 11.4 Å². The summed E-state index contributed by atoms with van der Waals surface area (Å²) in [7, 11) is 0. The standard InChI is InChI=1S/C15H23N3O/c1-12(16)11-18-5-4-13-2-3-14(10-15(13)18)17-6-8-19-9-7-17/h2-3,10,12H,4-9,11,16H2,1H3/t12-/m0/s1. The molecule has 1 aromatic carbocycles. The minimum Gasteiger partial charge on any atom is -0.378 e. The Morgan fingerprint density at radius 2 is 2.05 bits per heavy atom. The van der Waals surface area contributed by atoms with E-state index in [1.807, 2.05) is 0 Å². The molecule has 0 bridgehead atoms. The summed E-state index contributed by atoms with van der Waals surface area (Å²) in [6.07, 6.45) is 1.14. The van der Waals surface area contributed by atoms with Crippen LogP contribution in [0, 0.1) is 0 Å². The van der Waals surface area contributed by atoms with E-state index in [0.717, 1.165) is 45.8 Å². The van der Waals surface area contributed by atoms with Gasteiger partial charge in [0, 0.05) is 43.6 Å². The van der Waals surface area contributed by atoms with Crippen LogP contribution in [0.2, 0.25) is 0 Å². The summed E-state index contributed by atoms with van der Waals surface area (Å²) in [6.45, 7) is 7.77. The van der Waals surface area contributed by atoms with Gasteiger partial charge in [-0.3, -0.25) is 0 Å². The molecule has 104 valence electrons. The van der Waals surface area contributed by atoms with Gasteiger partial charge < -0.3 is 20.3 Å². The van der Waals surface area contributed by atoms with Crippen LogP contribution < -0.4 is 15.5 Å². The van der Waals surface area contributed by atoms with Crippen LogP contribution in [0.3, 0.4) is 0 Å². The van der Waals surface area contributed by atoms with E-state index in [9.17, 15) is 0 Å². The first-order valence-electron chi connectivity index (χ1n) is 7.20. The molecule has 0 spiro atoms. The average Bonchev–Trinajstić information content (AvgIpc) is 2.82. The number of rotatable bonds is 3. The van der Waals surface area contributed by atoms with Gasteiger partial charge in [-0.15, -0.1) is 0 Å². The van der Waals surface area contributed by atoms with E-state index < -0.39 is 0 Å². The van der Waals surface area contributed by atoms with Crippen molar-refractivity contribution >= 4 is 11.4 Å². The molecule has 4 heteroatoms. The molecule has 0 saturated carbocycles. The molecule has 2 aliphatic rings. The Morgan fingerprint density at radius 1 is 1.26 bits per heavy atom. The predicted octanol–water partition coefficient (Wildman–Crippen LogP) is 1.23. The van der Waals surface area contributed by atoms with Gasteiger partial charge in [0.15, 0.2) is 0 Å². The molecule has 2 aliphatic heterocycles. The second-order valence-corrected chi connectivity index (χ2v) is 5.59. The molecule has 2 N–H and O–H groups in total. The van der Waals surface area contributed by atoms with Crippen molar-refractivity contribution in [3.05, 3.63) is 23.8 Å². The summed E-state index contributed by atoms with van der Waals surface area (Å²) >= 11 is 0. The van der Waals surface area contributed by atoms with Crippen molar-refractivity contribution in [2.45, 2.75) is 19.4 Å². The second kappa shape index (κ2) is 5.39. The summed E-state index contributed by atoms with van der Waals surface area (Å²) in [6, 6.07) is 7.08. The second-order valence-electron chi connectivity index (χ2n) is 5.59. The molecule has 0 aromatic heterocycles. The summed E-state index contributed by atoms with van der Waals surface area (Å²) in [5.74, 6) is 0. The molecule has 19 heavy (non-hydrogen) atoms. The number of benzene rings is 1. The number of morpholine rings is 1. The lowest BCUT2D eigenvalue weighted by Gasteiger charge is -2.30. The Kier molecular flexibility index (Phi) is 3.62. The van der Waals surface area contributed by atoms with Gasteiger partial charge in [0.1, 0.15) is 0 Å². The maximum absolute atomic E-state index is 5.94. The van der Waals surface area contributed by atoms with Crippen molar-refractivity contribution in [2.24, 2.45) is 5.73 Å². The largest absolute Gasteiger partial charge is 0.378 e. The molecule has 0 amide bonds. The van der Waals surface area contributed by atoms with Gasteiger partial charge in [-0.05, 0) is 31.0 Å². The van der Waals surface area contributed by atoms with Gasteiger partial charge in [-0.25, -0.2) is 0 Å². The minimum absolute atomic E-state index is 0.220. The average molecular weight is 261 g/mol. The minimum atomic E-state index is 0.220. The molecule has 0 aliphatic carbocycles. The molecule has 4 nitrogen and oxygen atoms in total. The van der Waals surface area contributed by atoms with Gasteiger partial charge in [-0.1, -0.05) is 6.07 Å². The van der Waals surface area contributed by atoms with Gasteiger partial charge in [0.05, 0.1) is 13.2 Å². The fourth-order valence-corrected chi connectivity index (χ4v) is 2.99. The van der Waals surface area contributed by atoms with E-state index in [4.69, 9.17) is 10.5 Å². The van der Waals surface area contributed by atoms with E-state index in [0.29, 0.717) is 0 Å². The number of fused-ring (bicyclic) bond motifs is 1. The molecule has 1 fully saturated rings. The first-order chi connectivity index (χ1) is 9.24. The van der Waals surface area contributed by atoms with Crippen LogP contribution in [0.15, 0.2) is 18.2 Å². The molecule has 1 atom stereocenters. The fraction of sp³-hybridized carbons (Fsp3) is 0.600. The Bertz CT molecular complexity index is 441. The molecule has 0 radical (unpaired) electrons. The van der Waals surface area contributed by atoms with Crippen LogP contribution >= 0.6 is 0 Å². The van der Waals surface area contributed by atoms with E-state index in [2.05, 4.69) is 34.9 Å². The molecule has 1 saturated heterocycles. The smallest absolute Gasteiger partial charge is 0.0642 e. The number of hydrogen-bond donors (Lipinski definition) is 1. The van der Waals surface area contributed by atoms with Gasteiger partial charge in [-0.2, -0.15) is 0 Å². The Labute approximate surface area is 115 Å². The summed E-state index contributed by atoms with van der Waals surface area (Å²) < 4.78 is 5.42. The molecule has 0 unspecified atom stereocenters. The van der Waals surface area contributed by atoms with Crippen LogP contribution in [0.5, 0.6) is 0 Å². The predicted molar refractivity (Wildman–Crippen MR) is 79.0 cm³/mol. The molecule has 1 aromatic rings. The van der Waals surface area contributed by atoms with Crippen molar-refractivity contribution in [1.29, 1.82) is 0 Å².